The molecule has 3 N–H and O–H groups in total. The number of aliphatic hydroxyl groups excluding tert-OH is 2. The first-order chi connectivity index (χ1) is 8.02. The van der Waals surface area contributed by atoms with Gasteiger partial charge in [-0.25, -0.2) is 4.79 Å². The molecule has 0 radical (unpaired) electrons. The molecule has 0 spiro atoms. The molecule has 94 valence electrons. The fourth-order valence-electron chi connectivity index (χ4n) is 1.85. The van der Waals surface area contributed by atoms with Crippen molar-refractivity contribution in [3.63, 3.8) is 0 Å². The number of aryl methyl sites for hydroxylation is 1. The van der Waals surface area contributed by atoms with Crippen molar-refractivity contribution in [2.24, 2.45) is 0 Å². The number of nitrogens with one attached hydrogen (secondary N) is 1. The lowest BCUT2D eigenvalue weighted by Gasteiger charge is -2.14. The van der Waals surface area contributed by atoms with Gasteiger partial charge in [0.25, 0.3) is 5.56 Å². The van der Waals surface area contributed by atoms with Crippen LogP contribution in [0.4, 0.5) is 0 Å². The van der Waals surface area contributed by atoms with Crippen LogP contribution in [0.15, 0.2) is 15.8 Å². The smallest absolute Gasteiger partial charge is 0.330 e. The maximum atomic E-state index is 11.6. The Labute approximate surface area is 96.3 Å². The number of aromatic nitrogens is 2. The molecule has 1 unspecified atom stereocenters. The van der Waals surface area contributed by atoms with Gasteiger partial charge >= 0.3 is 5.69 Å². The zero-order valence-electron chi connectivity index (χ0n) is 9.29. The largest absolute Gasteiger partial charge is 0.394 e. The summed E-state index contributed by atoms with van der Waals surface area (Å²) < 4.78 is 6.54. The molecule has 7 nitrogen and oxygen atoms in total. The van der Waals surface area contributed by atoms with Crippen LogP contribution in [0.3, 0.4) is 0 Å². The van der Waals surface area contributed by atoms with E-state index in [1.165, 1.54) is 10.8 Å². The molecule has 0 aromatic carbocycles. The van der Waals surface area contributed by atoms with Crippen molar-refractivity contribution in [1.82, 2.24) is 9.55 Å². The first kappa shape index (κ1) is 12.0. The van der Waals surface area contributed by atoms with Gasteiger partial charge in [0.2, 0.25) is 0 Å². The quantitative estimate of drug-likeness (QED) is 0.584. The van der Waals surface area contributed by atoms with Crippen LogP contribution in [0.5, 0.6) is 0 Å². The first-order valence-corrected chi connectivity index (χ1v) is 5.29. The number of hydrogen-bond donors (Lipinski definition) is 3. The predicted octanol–water partition coefficient (Wildman–Crippen LogP) is -1.51. The predicted molar refractivity (Wildman–Crippen MR) is 57.7 cm³/mol. The summed E-state index contributed by atoms with van der Waals surface area (Å²) in [6.07, 6.45) is -0.581. The lowest BCUT2D eigenvalue weighted by molar-refractivity contribution is -0.0459. The zero-order valence-corrected chi connectivity index (χ0v) is 9.29. The third-order valence-electron chi connectivity index (χ3n) is 2.84. The normalized spacial score (nSPS) is 28.5. The van der Waals surface area contributed by atoms with Crippen LogP contribution in [0.1, 0.15) is 18.2 Å². The van der Waals surface area contributed by atoms with E-state index in [-0.39, 0.29) is 13.0 Å². The van der Waals surface area contributed by atoms with Crippen LogP contribution in [-0.2, 0) is 4.74 Å². The Morgan fingerprint density at radius 1 is 1.59 bits per heavy atom. The van der Waals surface area contributed by atoms with Crippen molar-refractivity contribution in [2.45, 2.75) is 31.8 Å². The van der Waals surface area contributed by atoms with Gasteiger partial charge in [0.1, 0.15) is 12.3 Å². The molecule has 7 heteroatoms. The minimum absolute atomic E-state index is 0.205. The highest BCUT2D eigenvalue weighted by Gasteiger charge is 2.34. The van der Waals surface area contributed by atoms with E-state index in [1.54, 1.807) is 6.92 Å². The molecule has 0 saturated carbocycles. The lowest BCUT2D eigenvalue weighted by Crippen LogP contribution is -2.33. The van der Waals surface area contributed by atoms with Gasteiger partial charge in [-0.05, 0) is 6.92 Å². The number of aromatic amines is 1. The highest BCUT2D eigenvalue weighted by atomic mass is 16.5. The van der Waals surface area contributed by atoms with Crippen LogP contribution < -0.4 is 11.2 Å². The van der Waals surface area contributed by atoms with Crippen molar-refractivity contribution >= 4 is 0 Å². The standard InChI is InChI=1S/C10H14N2O5/c1-5-3-12(10(16)11-9(5)15)8-2-6(14)7(4-13)17-8/h3,6-8,13-14H,2,4H2,1H3,(H,11,15,16)/t6-,7?,8+/m1/s1. The number of rotatable bonds is 2. The third-order valence-corrected chi connectivity index (χ3v) is 2.84. The van der Waals surface area contributed by atoms with Crippen LogP contribution in [0, 0.1) is 6.92 Å². The second kappa shape index (κ2) is 4.44. The maximum absolute atomic E-state index is 11.6. The highest BCUT2D eigenvalue weighted by molar-refractivity contribution is 5.02. The molecule has 1 fully saturated rings. The average molecular weight is 242 g/mol. The molecule has 17 heavy (non-hydrogen) atoms. The molecule has 0 amide bonds. The van der Waals surface area contributed by atoms with E-state index in [2.05, 4.69) is 4.98 Å². The SMILES string of the molecule is Cc1cn([C@@H]2C[C@@H](O)C(CO)O2)c(=O)[nH]c1=O. The van der Waals surface area contributed by atoms with Crippen molar-refractivity contribution in [3.05, 3.63) is 32.6 Å². The summed E-state index contributed by atoms with van der Waals surface area (Å²) in [4.78, 5) is 24.9. The molecule has 0 bridgehead atoms. The monoisotopic (exact) mass is 242 g/mol. The molecular weight excluding hydrogens is 228 g/mol. The molecule has 1 saturated heterocycles. The fourth-order valence-corrected chi connectivity index (χ4v) is 1.85. The molecule has 1 aromatic heterocycles. The summed E-state index contributed by atoms with van der Waals surface area (Å²) >= 11 is 0. The number of hydrogen-bond acceptors (Lipinski definition) is 5. The molecular formula is C10H14N2O5. The highest BCUT2D eigenvalue weighted by Crippen LogP contribution is 2.27. The number of aliphatic hydroxyl groups is 2. The summed E-state index contributed by atoms with van der Waals surface area (Å²) in [5.41, 5.74) is -0.643. The van der Waals surface area contributed by atoms with Gasteiger partial charge < -0.3 is 14.9 Å². The first-order valence-electron chi connectivity index (χ1n) is 5.29. The lowest BCUT2D eigenvalue weighted by atomic mass is 10.2. The van der Waals surface area contributed by atoms with E-state index in [4.69, 9.17) is 9.84 Å². The van der Waals surface area contributed by atoms with Crippen LogP contribution >= 0.6 is 0 Å². The Bertz CT molecular complexity index is 520. The Hall–Kier alpha value is -1.44. The topological polar surface area (TPSA) is 105 Å². The summed E-state index contributed by atoms with van der Waals surface area (Å²) in [6.45, 7) is 1.26. The van der Waals surface area contributed by atoms with Crippen LogP contribution in [0.2, 0.25) is 0 Å². The van der Waals surface area contributed by atoms with Gasteiger partial charge in [0.15, 0.2) is 0 Å². The Morgan fingerprint density at radius 3 is 2.88 bits per heavy atom. The Morgan fingerprint density at radius 2 is 2.29 bits per heavy atom. The molecule has 2 rings (SSSR count). The van der Waals surface area contributed by atoms with Crippen LogP contribution in [0.25, 0.3) is 0 Å². The molecule has 0 aliphatic carbocycles. The van der Waals surface area contributed by atoms with Gasteiger partial charge in [0, 0.05) is 18.2 Å². The van der Waals surface area contributed by atoms with E-state index in [1.807, 2.05) is 0 Å². The Balaban J connectivity index is 2.34. The minimum Gasteiger partial charge on any atom is -0.394 e. The van der Waals surface area contributed by atoms with Crippen molar-refractivity contribution in [2.75, 3.05) is 6.61 Å². The average Bonchev–Trinajstić information content (AvgIpc) is 2.65. The molecule has 1 aliphatic heterocycles. The fraction of sp³-hybridized carbons (Fsp3) is 0.600. The van der Waals surface area contributed by atoms with Crippen molar-refractivity contribution < 1.29 is 14.9 Å². The maximum Gasteiger partial charge on any atom is 0.330 e. The number of H-pyrrole nitrogens is 1. The molecule has 2 heterocycles. The van der Waals surface area contributed by atoms with E-state index in [0.29, 0.717) is 5.56 Å². The summed E-state index contributed by atoms with van der Waals surface area (Å²) in [6, 6.07) is 0. The van der Waals surface area contributed by atoms with Gasteiger partial charge in [-0.3, -0.25) is 14.3 Å². The van der Waals surface area contributed by atoms with Crippen molar-refractivity contribution in [3.8, 4) is 0 Å². The molecule has 3 atom stereocenters. The van der Waals surface area contributed by atoms with E-state index >= 15 is 0 Å². The van der Waals surface area contributed by atoms with Gasteiger partial charge in [-0.15, -0.1) is 0 Å². The van der Waals surface area contributed by atoms with E-state index in [9.17, 15) is 14.7 Å². The van der Waals surface area contributed by atoms with E-state index in [0.717, 1.165) is 0 Å². The second-order valence-electron chi connectivity index (χ2n) is 4.09. The van der Waals surface area contributed by atoms with Gasteiger partial charge in [-0.1, -0.05) is 0 Å². The summed E-state index contributed by atoms with van der Waals surface area (Å²) in [5, 5.41) is 18.5. The van der Waals surface area contributed by atoms with Crippen LogP contribution in [-0.4, -0.2) is 38.6 Å². The summed E-state index contributed by atoms with van der Waals surface area (Å²) in [5.74, 6) is 0. The van der Waals surface area contributed by atoms with Gasteiger partial charge in [-0.2, -0.15) is 0 Å². The van der Waals surface area contributed by atoms with Crippen molar-refractivity contribution in [1.29, 1.82) is 0 Å². The number of nitrogens with zero attached hydrogens (tertiary/aromatic N) is 1. The summed E-state index contributed by atoms with van der Waals surface area (Å²) in [7, 11) is 0. The molecule has 1 aliphatic rings. The second-order valence-corrected chi connectivity index (χ2v) is 4.09. The third kappa shape index (κ3) is 2.17. The molecule has 1 aromatic rings. The van der Waals surface area contributed by atoms with Gasteiger partial charge in [0.05, 0.1) is 12.7 Å². The zero-order chi connectivity index (χ0) is 12.6. The minimum atomic E-state index is -0.816. The van der Waals surface area contributed by atoms with E-state index < -0.39 is 29.7 Å². The Kier molecular flexibility index (Phi) is 3.14. The number of ether oxygens (including phenoxy) is 1.